The molecule has 0 aromatic carbocycles. The molecule has 0 aliphatic carbocycles. The van der Waals surface area contributed by atoms with Crippen molar-refractivity contribution in [3.8, 4) is 0 Å². The summed E-state index contributed by atoms with van der Waals surface area (Å²) in [7, 11) is 0. The zero-order valence-corrected chi connectivity index (χ0v) is 13.8. The van der Waals surface area contributed by atoms with E-state index in [1.165, 1.54) is 19.3 Å². The first-order valence-electron chi connectivity index (χ1n) is 7.96. The van der Waals surface area contributed by atoms with Crippen LogP contribution in [0.1, 0.15) is 63.9 Å². The van der Waals surface area contributed by atoms with E-state index in [0.29, 0.717) is 12.2 Å². The average Bonchev–Trinajstić information content (AvgIpc) is 2.46. The molecule has 1 rings (SSSR count). The van der Waals surface area contributed by atoms with E-state index in [0.717, 1.165) is 18.7 Å². The van der Waals surface area contributed by atoms with Crippen LogP contribution in [0.2, 0.25) is 0 Å². The Morgan fingerprint density at radius 2 is 2.00 bits per heavy atom. The molecule has 1 aromatic rings. The molecule has 1 amide bonds. The monoisotopic (exact) mass is 291 g/mol. The second kappa shape index (κ2) is 8.65. The fourth-order valence-corrected chi connectivity index (χ4v) is 2.19. The second-order valence-electron chi connectivity index (χ2n) is 6.27. The van der Waals surface area contributed by atoms with Crippen LogP contribution in [-0.4, -0.2) is 24.0 Å². The van der Waals surface area contributed by atoms with E-state index < -0.39 is 0 Å². The Balaban J connectivity index is 2.45. The van der Waals surface area contributed by atoms with Crippen LogP contribution in [0, 0.1) is 5.41 Å². The number of hydrogen-bond donors (Lipinski definition) is 2. The highest BCUT2D eigenvalue weighted by atomic mass is 16.1. The number of nitrogens with one attached hydrogen (secondary N) is 2. The molecule has 1 aromatic heterocycles. The molecule has 0 radical (unpaired) electrons. The first-order valence-corrected chi connectivity index (χ1v) is 7.96. The van der Waals surface area contributed by atoms with Crippen molar-refractivity contribution >= 4 is 11.6 Å². The third kappa shape index (κ3) is 6.61. The third-order valence-corrected chi connectivity index (χ3v) is 3.56. The highest BCUT2D eigenvalue weighted by Gasteiger charge is 2.19. The molecule has 0 aliphatic heterocycles. The number of rotatable bonds is 9. The average molecular weight is 291 g/mol. The van der Waals surface area contributed by atoms with E-state index in [9.17, 15) is 4.79 Å². The number of aromatic nitrogens is 1. The molecule has 0 bridgehead atoms. The van der Waals surface area contributed by atoms with Gasteiger partial charge in [-0.05, 0) is 30.9 Å². The van der Waals surface area contributed by atoms with Gasteiger partial charge in [-0.1, -0.05) is 40.0 Å². The van der Waals surface area contributed by atoms with Crippen molar-refractivity contribution in [2.45, 2.75) is 53.4 Å². The molecule has 4 heteroatoms. The topological polar surface area (TPSA) is 54.0 Å². The van der Waals surface area contributed by atoms with Gasteiger partial charge < -0.3 is 10.6 Å². The number of carbonyl (C=O) groups excluding carboxylic acids is 1. The Hall–Kier alpha value is -1.58. The van der Waals surface area contributed by atoms with E-state index in [1.54, 1.807) is 12.3 Å². The lowest BCUT2D eigenvalue weighted by Crippen LogP contribution is -2.34. The van der Waals surface area contributed by atoms with Crippen molar-refractivity contribution in [1.82, 2.24) is 10.3 Å². The largest absolute Gasteiger partial charge is 0.384 e. The fraction of sp³-hybridized carbons (Fsp3) is 0.647. The van der Waals surface area contributed by atoms with Gasteiger partial charge in [-0.3, -0.25) is 4.79 Å². The molecule has 0 unspecified atom stereocenters. The minimum atomic E-state index is -0.0957. The summed E-state index contributed by atoms with van der Waals surface area (Å²) < 4.78 is 0. The predicted molar refractivity (Wildman–Crippen MR) is 88.7 cm³/mol. The van der Waals surface area contributed by atoms with Crippen LogP contribution < -0.4 is 10.6 Å². The first-order chi connectivity index (χ1) is 9.98. The molecule has 1 heterocycles. The maximum Gasteiger partial charge on any atom is 0.269 e. The Morgan fingerprint density at radius 3 is 2.57 bits per heavy atom. The van der Waals surface area contributed by atoms with Gasteiger partial charge in [0, 0.05) is 13.1 Å². The van der Waals surface area contributed by atoms with Crippen molar-refractivity contribution in [2.24, 2.45) is 5.41 Å². The van der Waals surface area contributed by atoms with E-state index in [1.807, 2.05) is 13.0 Å². The molecular weight excluding hydrogens is 262 g/mol. The summed E-state index contributed by atoms with van der Waals surface area (Å²) >= 11 is 0. The Kier molecular flexibility index (Phi) is 7.20. The number of nitrogens with zero attached hydrogens (tertiary/aromatic N) is 1. The minimum Gasteiger partial charge on any atom is -0.384 e. The van der Waals surface area contributed by atoms with Gasteiger partial charge in [-0.25, -0.2) is 4.98 Å². The summed E-state index contributed by atoms with van der Waals surface area (Å²) in [6.45, 7) is 10.2. The number of anilines is 1. The van der Waals surface area contributed by atoms with Gasteiger partial charge in [0.2, 0.25) is 0 Å². The summed E-state index contributed by atoms with van der Waals surface area (Å²) in [5.74, 6) is -0.0957. The molecule has 118 valence electrons. The van der Waals surface area contributed by atoms with Crippen molar-refractivity contribution in [3.05, 3.63) is 24.0 Å². The Bertz CT molecular complexity index is 426. The normalized spacial score (nSPS) is 11.2. The second-order valence-corrected chi connectivity index (χ2v) is 6.27. The van der Waals surface area contributed by atoms with Crippen LogP contribution in [0.3, 0.4) is 0 Å². The van der Waals surface area contributed by atoms with Crippen LogP contribution >= 0.6 is 0 Å². The van der Waals surface area contributed by atoms with Crippen molar-refractivity contribution < 1.29 is 4.79 Å². The van der Waals surface area contributed by atoms with Gasteiger partial charge >= 0.3 is 0 Å². The number of unbranched alkanes of at least 4 members (excludes halogenated alkanes) is 2. The molecule has 21 heavy (non-hydrogen) atoms. The van der Waals surface area contributed by atoms with Crippen LogP contribution in [-0.2, 0) is 0 Å². The lowest BCUT2D eigenvalue weighted by atomic mass is 9.87. The summed E-state index contributed by atoms with van der Waals surface area (Å²) in [5, 5.41) is 6.16. The van der Waals surface area contributed by atoms with Gasteiger partial charge in [0.25, 0.3) is 5.91 Å². The Morgan fingerprint density at radius 1 is 1.24 bits per heavy atom. The van der Waals surface area contributed by atoms with E-state index in [-0.39, 0.29) is 11.3 Å². The van der Waals surface area contributed by atoms with E-state index in [2.05, 4.69) is 36.4 Å². The fourth-order valence-electron chi connectivity index (χ4n) is 2.19. The number of hydrogen-bond acceptors (Lipinski definition) is 3. The predicted octanol–water partition coefficient (Wildman–Crippen LogP) is 3.85. The standard InChI is InChI=1S/C17H29N3O/c1-5-7-8-11-17(3,4)13-20-16(21)15-10-9-14(12-19-15)18-6-2/h9-10,12,18H,5-8,11,13H2,1-4H3,(H,20,21). The molecule has 2 N–H and O–H groups in total. The quantitative estimate of drug-likeness (QED) is 0.679. The highest BCUT2D eigenvalue weighted by molar-refractivity contribution is 5.92. The molecule has 0 aliphatic rings. The molecular formula is C17H29N3O. The third-order valence-electron chi connectivity index (χ3n) is 3.56. The molecule has 0 atom stereocenters. The maximum absolute atomic E-state index is 12.1. The number of carbonyl (C=O) groups is 1. The lowest BCUT2D eigenvalue weighted by Gasteiger charge is -2.24. The summed E-state index contributed by atoms with van der Waals surface area (Å²) in [6, 6.07) is 3.65. The lowest BCUT2D eigenvalue weighted by molar-refractivity contribution is 0.0929. The zero-order chi connectivity index (χ0) is 15.7. The molecule has 0 fully saturated rings. The van der Waals surface area contributed by atoms with Crippen molar-refractivity contribution in [2.75, 3.05) is 18.4 Å². The van der Waals surface area contributed by atoms with Crippen LogP contribution in [0.4, 0.5) is 5.69 Å². The van der Waals surface area contributed by atoms with Crippen molar-refractivity contribution in [1.29, 1.82) is 0 Å². The summed E-state index contributed by atoms with van der Waals surface area (Å²) in [4.78, 5) is 16.3. The summed E-state index contributed by atoms with van der Waals surface area (Å²) in [5.41, 5.74) is 1.55. The van der Waals surface area contributed by atoms with Gasteiger partial charge in [-0.15, -0.1) is 0 Å². The zero-order valence-electron chi connectivity index (χ0n) is 13.8. The van der Waals surface area contributed by atoms with Gasteiger partial charge in [0.1, 0.15) is 5.69 Å². The first kappa shape index (κ1) is 17.5. The minimum absolute atomic E-state index is 0.0957. The molecule has 4 nitrogen and oxygen atoms in total. The number of amides is 1. The van der Waals surface area contributed by atoms with E-state index >= 15 is 0 Å². The smallest absolute Gasteiger partial charge is 0.269 e. The summed E-state index contributed by atoms with van der Waals surface area (Å²) in [6.07, 6.45) is 6.53. The highest BCUT2D eigenvalue weighted by Crippen LogP contribution is 2.22. The van der Waals surface area contributed by atoms with E-state index in [4.69, 9.17) is 0 Å². The van der Waals surface area contributed by atoms with Crippen LogP contribution in [0.5, 0.6) is 0 Å². The molecule has 0 spiro atoms. The molecule has 0 saturated carbocycles. The van der Waals surface area contributed by atoms with Crippen molar-refractivity contribution in [3.63, 3.8) is 0 Å². The Labute approximate surface area is 128 Å². The van der Waals surface area contributed by atoms with Crippen LogP contribution in [0.15, 0.2) is 18.3 Å². The number of pyridine rings is 1. The van der Waals surface area contributed by atoms with Gasteiger partial charge in [0.05, 0.1) is 11.9 Å². The molecule has 0 saturated heterocycles. The van der Waals surface area contributed by atoms with Gasteiger partial charge in [-0.2, -0.15) is 0 Å². The van der Waals surface area contributed by atoms with Gasteiger partial charge in [0.15, 0.2) is 0 Å². The van der Waals surface area contributed by atoms with Crippen LogP contribution in [0.25, 0.3) is 0 Å². The maximum atomic E-state index is 12.1. The SMILES string of the molecule is CCCCCC(C)(C)CNC(=O)c1ccc(NCC)cn1.